The minimum atomic E-state index is -0.855. The number of nitrogens with zero attached hydrogens (tertiary/aromatic N) is 3. The molecule has 0 saturated heterocycles. The summed E-state index contributed by atoms with van der Waals surface area (Å²) in [5.41, 5.74) is 5.86. The maximum Gasteiger partial charge on any atom is 0.305 e. The zero-order valence-electron chi connectivity index (χ0n) is 19.7. The van der Waals surface area contributed by atoms with Crippen molar-refractivity contribution >= 4 is 11.8 Å². The monoisotopic (exact) mass is 447 g/mol. The molecule has 0 radical (unpaired) electrons. The number of aryl methyl sites for hydroxylation is 2. The molecule has 2 aromatic heterocycles. The molecule has 0 spiro atoms. The van der Waals surface area contributed by atoms with E-state index in [1.54, 1.807) is 23.1 Å². The molecule has 1 aromatic carbocycles. The number of carbonyl (C=O) groups excluding carboxylic acids is 1. The van der Waals surface area contributed by atoms with E-state index in [-0.39, 0.29) is 34.7 Å². The molecule has 3 heterocycles. The van der Waals surface area contributed by atoms with Crippen molar-refractivity contribution in [2.24, 2.45) is 5.41 Å². The number of fused-ring (bicyclic) bond motifs is 3. The van der Waals surface area contributed by atoms with E-state index in [0.29, 0.717) is 6.54 Å². The van der Waals surface area contributed by atoms with Gasteiger partial charge in [0.2, 0.25) is 0 Å². The molecule has 0 amide bonds. The topological polar surface area (TPSA) is 94.2 Å². The number of carbonyl (C=O) groups is 2. The van der Waals surface area contributed by atoms with Gasteiger partial charge in [0.1, 0.15) is 0 Å². The first kappa shape index (κ1) is 22.7. The minimum absolute atomic E-state index is 0.0192. The van der Waals surface area contributed by atoms with Crippen molar-refractivity contribution in [1.82, 2.24) is 14.3 Å². The first-order valence-electron chi connectivity index (χ1n) is 11.1. The number of benzene rings is 1. The molecule has 4 rings (SSSR count). The lowest BCUT2D eigenvalue weighted by atomic mass is 9.78. The number of Topliss-reactive ketones (excluding diaryl/α,β-unsaturated/α-hetero) is 1. The van der Waals surface area contributed by atoms with Crippen LogP contribution in [0, 0.1) is 12.3 Å². The van der Waals surface area contributed by atoms with Crippen LogP contribution >= 0.6 is 0 Å². The largest absolute Gasteiger partial charge is 0.481 e. The molecule has 1 aliphatic heterocycles. The quantitative estimate of drug-likeness (QED) is 0.581. The Labute approximate surface area is 192 Å². The third kappa shape index (κ3) is 4.27. The second-order valence-electron chi connectivity index (χ2n) is 9.95. The lowest BCUT2D eigenvalue weighted by Crippen LogP contribution is -2.32. The fourth-order valence-electron chi connectivity index (χ4n) is 4.62. The highest BCUT2D eigenvalue weighted by Crippen LogP contribution is 2.44. The highest BCUT2D eigenvalue weighted by Gasteiger charge is 2.33. The zero-order chi connectivity index (χ0) is 24.1. The van der Waals surface area contributed by atoms with Gasteiger partial charge in [-0.1, -0.05) is 26.8 Å². The number of carboxylic acids is 1. The lowest BCUT2D eigenvalue weighted by molar-refractivity contribution is -0.137. The summed E-state index contributed by atoms with van der Waals surface area (Å²) in [7, 11) is 0. The van der Waals surface area contributed by atoms with Crippen LogP contribution in [0.1, 0.15) is 61.6 Å². The standard InChI is InChI=1S/C26H29N3O4/c1-15-8-20-17(9-19(15)18-12-27-28(13-18)7-6-25(32)33)10-24(26(3,4)5)29-14-21(16(2)30)23(31)11-22(20)29/h8-9,11-14,24H,6-7,10H2,1-5H3,(H,32,33). The Kier molecular flexibility index (Phi) is 5.60. The SMILES string of the molecule is CC(=O)c1cn2c(cc1=O)-c1cc(C)c(-c3cnn(CCC(=O)O)c3)cc1CC2C(C)(C)C. The second-order valence-corrected chi connectivity index (χ2v) is 9.95. The van der Waals surface area contributed by atoms with E-state index < -0.39 is 5.97 Å². The van der Waals surface area contributed by atoms with Crippen molar-refractivity contribution in [3.63, 3.8) is 0 Å². The molecule has 0 bridgehead atoms. The van der Waals surface area contributed by atoms with Gasteiger partial charge in [-0.05, 0) is 48.4 Å². The van der Waals surface area contributed by atoms with Gasteiger partial charge < -0.3 is 9.67 Å². The van der Waals surface area contributed by atoms with Crippen molar-refractivity contribution in [2.75, 3.05) is 0 Å². The number of carboxylic acid groups (broad SMARTS) is 1. The number of aromatic nitrogens is 3. The predicted molar refractivity (Wildman–Crippen MR) is 127 cm³/mol. The molecule has 1 unspecified atom stereocenters. The first-order chi connectivity index (χ1) is 15.5. The summed E-state index contributed by atoms with van der Waals surface area (Å²) in [4.78, 5) is 35.6. The maximum absolute atomic E-state index is 12.7. The number of hydrogen-bond donors (Lipinski definition) is 1. The Balaban J connectivity index is 1.84. The summed E-state index contributed by atoms with van der Waals surface area (Å²) in [5.74, 6) is -1.08. The predicted octanol–water partition coefficient (Wildman–Crippen LogP) is 4.51. The van der Waals surface area contributed by atoms with Crippen LogP contribution < -0.4 is 5.43 Å². The summed E-state index contributed by atoms with van der Waals surface area (Å²) >= 11 is 0. The lowest BCUT2D eigenvalue weighted by Gasteiger charge is -2.39. The normalized spacial score (nSPS) is 15.1. The Morgan fingerprint density at radius 3 is 2.52 bits per heavy atom. The highest BCUT2D eigenvalue weighted by molar-refractivity contribution is 5.94. The Bertz CT molecular complexity index is 1320. The fourth-order valence-corrected chi connectivity index (χ4v) is 4.62. The molecule has 1 atom stereocenters. The zero-order valence-corrected chi connectivity index (χ0v) is 19.7. The Hall–Kier alpha value is -3.48. The number of pyridine rings is 1. The summed E-state index contributed by atoms with van der Waals surface area (Å²) in [6.45, 7) is 10.3. The van der Waals surface area contributed by atoms with E-state index in [1.165, 1.54) is 6.92 Å². The molecule has 0 fully saturated rings. The van der Waals surface area contributed by atoms with Crippen LogP contribution in [0.2, 0.25) is 0 Å². The van der Waals surface area contributed by atoms with Crippen molar-refractivity contribution in [2.45, 2.75) is 60.0 Å². The van der Waals surface area contributed by atoms with Gasteiger partial charge in [0.25, 0.3) is 0 Å². The van der Waals surface area contributed by atoms with E-state index in [2.05, 4.69) is 42.6 Å². The fraction of sp³-hybridized carbons (Fsp3) is 0.385. The van der Waals surface area contributed by atoms with Crippen LogP contribution in [-0.4, -0.2) is 31.2 Å². The van der Waals surface area contributed by atoms with Gasteiger partial charge in [0, 0.05) is 35.6 Å². The van der Waals surface area contributed by atoms with E-state index in [0.717, 1.165) is 39.9 Å². The number of hydrogen-bond acceptors (Lipinski definition) is 4. The third-order valence-electron chi connectivity index (χ3n) is 6.43. The molecule has 7 nitrogen and oxygen atoms in total. The van der Waals surface area contributed by atoms with E-state index in [4.69, 9.17) is 5.11 Å². The summed E-state index contributed by atoms with van der Waals surface area (Å²) in [6, 6.07) is 5.93. The van der Waals surface area contributed by atoms with Gasteiger partial charge in [0.05, 0.1) is 30.4 Å². The molecular formula is C26H29N3O4. The smallest absolute Gasteiger partial charge is 0.305 e. The van der Waals surface area contributed by atoms with E-state index >= 15 is 0 Å². The van der Waals surface area contributed by atoms with Crippen molar-refractivity contribution in [3.05, 3.63) is 63.7 Å². The molecule has 7 heteroatoms. The van der Waals surface area contributed by atoms with Crippen LogP contribution in [0.5, 0.6) is 0 Å². The summed E-state index contributed by atoms with van der Waals surface area (Å²) in [5, 5.41) is 13.3. The number of aliphatic carboxylic acids is 1. The highest BCUT2D eigenvalue weighted by atomic mass is 16.4. The molecule has 1 aliphatic rings. The maximum atomic E-state index is 12.7. The molecule has 1 N–H and O–H groups in total. The van der Waals surface area contributed by atoms with Crippen LogP contribution in [0.3, 0.4) is 0 Å². The molecule has 172 valence electrons. The van der Waals surface area contributed by atoms with Gasteiger partial charge in [-0.25, -0.2) is 0 Å². The van der Waals surface area contributed by atoms with E-state index in [1.807, 2.05) is 13.1 Å². The minimum Gasteiger partial charge on any atom is -0.481 e. The second kappa shape index (κ2) is 8.14. The van der Waals surface area contributed by atoms with Gasteiger partial charge in [0.15, 0.2) is 11.2 Å². The number of rotatable bonds is 5. The first-order valence-corrected chi connectivity index (χ1v) is 11.1. The van der Waals surface area contributed by atoms with Crippen molar-refractivity contribution < 1.29 is 14.7 Å². The molecular weight excluding hydrogens is 418 g/mol. The van der Waals surface area contributed by atoms with Crippen LogP contribution in [0.4, 0.5) is 0 Å². The van der Waals surface area contributed by atoms with Gasteiger partial charge >= 0.3 is 5.97 Å². The van der Waals surface area contributed by atoms with E-state index in [9.17, 15) is 14.4 Å². The summed E-state index contributed by atoms with van der Waals surface area (Å²) < 4.78 is 3.75. The average molecular weight is 448 g/mol. The molecule has 33 heavy (non-hydrogen) atoms. The summed E-state index contributed by atoms with van der Waals surface area (Å²) in [6.07, 6.45) is 6.16. The Morgan fingerprint density at radius 2 is 1.88 bits per heavy atom. The van der Waals surface area contributed by atoms with Crippen LogP contribution in [0.15, 0.2) is 41.6 Å². The van der Waals surface area contributed by atoms with Gasteiger partial charge in [-0.15, -0.1) is 0 Å². The van der Waals surface area contributed by atoms with Crippen molar-refractivity contribution in [1.29, 1.82) is 0 Å². The molecule has 0 aliphatic carbocycles. The molecule has 3 aromatic rings. The van der Waals surface area contributed by atoms with Crippen LogP contribution in [-0.2, 0) is 17.8 Å². The van der Waals surface area contributed by atoms with Gasteiger partial charge in [-0.2, -0.15) is 5.10 Å². The Morgan fingerprint density at radius 1 is 1.15 bits per heavy atom. The average Bonchev–Trinajstić information content (AvgIpc) is 3.19. The van der Waals surface area contributed by atoms with Crippen LogP contribution in [0.25, 0.3) is 22.4 Å². The van der Waals surface area contributed by atoms with Crippen molar-refractivity contribution in [3.8, 4) is 22.4 Å². The number of ketones is 1. The molecule has 0 saturated carbocycles. The third-order valence-corrected chi connectivity index (χ3v) is 6.43. The van der Waals surface area contributed by atoms with Gasteiger partial charge in [-0.3, -0.25) is 19.1 Å².